The topological polar surface area (TPSA) is 121 Å². The van der Waals surface area contributed by atoms with Crippen molar-refractivity contribution in [2.75, 3.05) is 6.54 Å². The van der Waals surface area contributed by atoms with Crippen LogP contribution in [-0.4, -0.2) is 22.7 Å². The summed E-state index contributed by atoms with van der Waals surface area (Å²) in [6.45, 7) is 5.41. The molecule has 0 aliphatic carbocycles. The predicted molar refractivity (Wildman–Crippen MR) is 126 cm³/mol. The lowest BCUT2D eigenvalue weighted by Crippen LogP contribution is -2.42. The molecule has 0 saturated heterocycles. The summed E-state index contributed by atoms with van der Waals surface area (Å²) in [6.07, 6.45) is -0.562. The van der Waals surface area contributed by atoms with Crippen LogP contribution in [0.15, 0.2) is 66.7 Å². The molecule has 33 heavy (non-hydrogen) atoms. The lowest BCUT2D eigenvalue weighted by molar-refractivity contribution is 0.0621. The second kappa shape index (κ2) is 9.82. The van der Waals surface area contributed by atoms with Crippen LogP contribution in [0.4, 0.5) is 4.79 Å². The monoisotopic (exact) mass is 444 g/mol. The van der Waals surface area contributed by atoms with Gasteiger partial charge in [0, 0.05) is 12.1 Å². The molecule has 1 aromatic heterocycles. The molecule has 7 nitrogen and oxygen atoms in total. The molecule has 7 heteroatoms. The molecule has 0 bridgehead atoms. The quantitative estimate of drug-likeness (QED) is 0.507. The Morgan fingerprint density at radius 1 is 1.12 bits per heavy atom. The number of carbonyl (C=O) groups is 1. The third kappa shape index (κ3) is 5.95. The van der Waals surface area contributed by atoms with Gasteiger partial charge in [-0.25, -0.2) is 9.78 Å². The molecule has 1 unspecified atom stereocenters. The van der Waals surface area contributed by atoms with Gasteiger partial charge in [0.25, 0.3) is 0 Å². The Kier molecular flexibility index (Phi) is 7.12. The van der Waals surface area contributed by atoms with Crippen molar-refractivity contribution in [3.8, 4) is 17.3 Å². The summed E-state index contributed by atoms with van der Waals surface area (Å²) in [7, 11) is 0. The minimum Gasteiger partial charge on any atom is -0.445 e. The largest absolute Gasteiger partial charge is 0.445 e. The molecule has 0 radical (unpaired) electrons. The summed E-state index contributed by atoms with van der Waals surface area (Å²) in [5.41, 5.74) is 7.48. The van der Waals surface area contributed by atoms with E-state index in [4.69, 9.17) is 15.7 Å². The number of nitriles is 1. The van der Waals surface area contributed by atoms with Gasteiger partial charge in [-0.3, -0.25) is 0 Å². The van der Waals surface area contributed by atoms with Crippen molar-refractivity contribution < 1.29 is 14.6 Å². The van der Waals surface area contributed by atoms with E-state index in [1.807, 2.05) is 50.2 Å². The number of carbonyl (C=O) groups excluding carboxylic acids is 1. The third-order valence-electron chi connectivity index (χ3n) is 5.43. The van der Waals surface area contributed by atoms with Gasteiger partial charge in [-0.15, -0.1) is 0 Å². The minimum absolute atomic E-state index is 0.0246. The van der Waals surface area contributed by atoms with Crippen molar-refractivity contribution in [3.63, 3.8) is 0 Å². The fourth-order valence-electron chi connectivity index (χ4n) is 3.22. The molecule has 1 atom stereocenters. The molecule has 1 heterocycles. The van der Waals surface area contributed by atoms with Crippen LogP contribution in [0.25, 0.3) is 11.3 Å². The highest BCUT2D eigenvalue weighted by atomic mass is 16.5. The maximum atomic E-state index is 12.5. The molecule has 0 spiro atoms. The van der Waals surface area contributed by atoms with Crippen LogP contribution in [0.5, 0.6) is 0 Å². The smallest absolute Gasteiger partial charge is 0.408 e. The highest BCUT2D eigenvalue weighted by Gasteiger charge is 2.29. The summed E-state index contributed by atoms with van der Waals surface area (Å²) >= 11 is 0. The Hall–Kier alpha value is -3.73. The molecule has 3 aromatic rings. The molecule has 3 rings (SSSR count). The van der Waals surface area contributed by atoms with E-state index in [9.17, 15) is 9.90 Å². The van der Waals surface area contributed by atoms with Gasteiger partial charge in [-0.1, -0.05) is 42.5 Å². The first kappa shape index (κ1) is 23.9. The fourth-order valence-corrected chi connectivity index (χ4v) is 3.22. The van der Waals surface area contributed by atoms with E-state index < -0.39 is 17.2 Å². The Bertz CT molecular complexity index is 1150. The average Bonchev–Trinajstić information content (AvgIpc) is 2.83. The van der Waals surface area contributed by atoms with Gasteiger partial charge in [0.2, 0.25) is 0 Å². The number of aliphatic hydroxyl groups is 1. The summed E-state index contributed by atoms with van der Waals surface area (Å²) < 4.78 is 5.38. The molecule has 0 saturated carbocycles. The number of nitrogens with zero attached hydrogens (tertiary/aromatic N) is 2. The van der Waals surface area contributed by atoms with E-state index in [0.29, 0.717) is 17.0 Å². The number of alkyl carbamates (subject to hydrolysis) is 1. The highest BCUT2D eigenvalue weighted by molar-refractivity contribution is 5.69. The molecular formula is C26H28N4O3. The number of nitrogens with one attached hydrogen (secondary N) is 1. The van der Waals surface area contributed by atoms with Crippen LogP contribution in [-0.2, 0) is 22.5 Å². The van der Waals surface area contributed by atoms with Crippen LogP contribution in [0, 0.1) is 11.3 Å². The van der Waals surface area contributed by atoms with E-state index in [-0.39, 0.29) is 13.2 Å². The third-order valence-corrected chi connectivity index (χ3v) is 5.43. The van der Waals surface area contributed by atoms with E-state index in [1.165, 1.54) is 0 Å². The number of amides is 1. The summed E-state index contributed by atoms with van der Waals surface area (Å²) in [6, 6.07) is 22.1. The standard InChI is InChI=1S/C26H28N4O3/c1-25(2,30-24(31)33-16-19-7-5-4-6-8-19)21-13-22(20-11-9-18(15-27)10-12-20)29-23(14-21)26(3,32)17-28/h4-14,32H,16-17,28H2,1-3H3,(H,30,31). The Balaban J connectivity index is 1.91. The van der Waals surface area contributed by atoms with Gasteiger partial charge >= 0.3 is 6.09 Å². The van der Waals surface area contributed by atoms with Gasteiger partial charge in [0.1, 0.15) is 12.2 Å². The maximum Gasteiger partial charge on any atom is 0.408 e. The number of hydrogen-bond donors (Lipinski definition) is 3. The zero-order chi connectivity index (χ0) is 24.1. The van der Waals surface area contributed by atoms with Crippen molar-refractivity contribution in [2.45, 2.75) is 38.5 Å². The number of aromatic nitrogens is 1. The number of nitrogens with two attached hydrogens (primary N) is 1. The molecule has 4 N–H and O–H groups in total. The van der Waals surface area contributed by atoms with E-state index in [2.05, 4.69) is 16.4 Å². The first-order chi connectivity index (χ1) is 15.6. The molecular weight excluding hydrogens is 416 g/mol. The first-order valence-electron chi connectivity index (χ1n) is 10.6. The molecule has 0 aliphatic rings. The lowest BCUT2D eigenvalue weighted by Gasteiger charge is -2.29. The molecule has 2 aromatic carbocycles. The van der Waals surface area contributed by atoms with Crippen LogP contribution in [0.3, 0.4) is 0 Å². The maximum absolute atomic E-state index is 12.5. The Morgan fingerprint density at radius 3 is 2.39 bits per heavy atom. The fraction of sp³-hybridized carbons (Fsp3) is 0.269. The SMILES string of the molecule is CC(O)(CN)c1cc(C(C)(C)NC(=O)OCc2ccccc2)cc(-c2ccc(C#N)cc2)n1. The number of pyridine rings is 1. The second-order valence-corrected chi connectivity index (χ2v) is 8.61. The predicted octanol–water partition coefficient (Wildman–Crippen LogP) is 3.95. The molecule has 0 aliphatic heterocycles. The van der Waals surface area contributed by atoms with Crippen LogP contribution >= 0.6 is 0 Å². The first-order valence-corrected chi connectivity index (χ1v) is 10.6. The van der Waals surface area contributed by atoms with Crippen molar-refractivity contribution in [1.29, 1.82) is 5.26 Å². The number of hydrogen-bond acceptors (Lipinski definition) is 6. The Labute approximate surface area is 193 Å². The summed E-state index contributed by atoms with van der Waals surface area (Å²) in [4.78, 5) is 17.1. The van der Waals surface area contributed by atoms with E-state index >= 15 is 0 Å². The van der Waals surface area contributed by atoms with E-state index in [1.54, 1.807) is 37.3 Å². The van der Waals surface area contributed by atoms with E-state index in [0.717, 1.165) is 16.7 Å². The van der Waals surface area contributed by atoms with Gasteiger partial charge in [0.15, 0.2) is 0 Å². The van der Waals surface area contributed by atoms with Crippen molar-refractivity contribution in [3.05, 3.63) is 89.1 Å². The minimum atomic E-state index is -1.36. The highest BCUT2D eigenvalue weighted by Crippen LogP contribution is 2.30. The van der Waals surface area contributed by atoms with Crippen LogP contribution < -0.4 is 11.1 Å². The van der Waals surface area contributed by atoms with Crippen LogP contribution in [0.2, 0.25) is 0 Å². The lowest BCUT2D eigenvalue weighted by atomic mass is 9.90. The second-order valence-electron chi connectivity index (χ2n) is 8.61. The average molecular weight is 445 g/mol. The number of rotatable bonds is 7. The van der Waals surface area contributed by atoms with Crippen molar-refractivity contribution in [1.82, 2.24) is 10.3 Å². The number of benzene rings is 2. The number of ether oxygens (including phenoxy) is 1. The normalized spacial score (nSPS) is 13.0. The van der Waals surface area contributed by atoms with Gasteiger partial charge in [0.05, 0.1) is 28.6 Å². The van der Waals surface area contributed by atoms with Crippen LogP contribution in [0.1, 0.15) is 43.2 Å². The Morgan fingerprint density at radius 2 is 1.79 bits per heavy atom. The molecule has 0 fully saturated rings. The van der Waals surface area contributed by atoms with Gasteiger partial charge in [-0.2, -0.15) is 5.26 Å². The molecule has 1 amide bonds. The summed E-state index contributed by atoms with van der Waals surface area (Å²) in [5, 5.41) is 22.7. The summed E-state index contributed by atoms with van der Waals surface area (Å²) in [5.74, 6) is 0. The van der Waals surface area contributed by atoms with Gasteiger partial charge in [-0.05, 0) is 56.2 Å². The zero-order valence-electron chi connectivity index (χ0n) is 19.0. The van der Waals surface area contributed by atoms with Crippen molar-refractivity contribution >= 4 is 6.09 Å². The zero-order valence-corrected chi connectivity index (χ0v) is 19.0. The van der Waals surface area contributed by atoms with Gasteiger partial charge < -0.3 is 20.9 Å². The van der Waals surface area contributed by atoms with Crippen molar-refractivity contribution in [2.24, 2.45) is 5.73 Å². The molecule has 170 valence electrons.